The van der Waals surface area contributed by atoms with E-state index in [1.54, 1.807) is 0 Å². The van der Waals surface area contributed by atoms with E-state index in [4.69, 9.17) is 5.73 Å². The summed E-state index contributed by atoms with van der Waals surface area (Å²) in [6, 6.07) is 0.505. The summed E-state index contributed by atoms with van der Waals surface area (Å²) < 4.78 is 0. The number of hydrogen-bond acceptors (Lipinski definition) is 2. The van der Waals surface area contributed by atoms with Crippen molar-refractivity contribution >= 4 is 18.3 Å². The molecule has 0 aromatic rings. The van der Waals surface area contributed by atoms with Crippen LogP contribution in [0.2, 0.25) is 0 Å². The van der Waals surface area contributed by atoms with Crippen molar-refractivity contribution in [2.45, 2.75) is 57.9 Å². The average molecular weight is 275 g/mol. The van der Waals surface area contributed by atoms with Gasteiger partial charge in [-0.1, -0.05) is 26.2 Å². The van der Waals surface area contributed by atoms with Crippen LogP contribution in [0.25, 0.3) is 0 Å². The topological polar surface area (TPSA) is 46.3 Å². The summed E-state index contributed by atoms with van der Waals surface area (Å²) in [6.45, 7) is 3.44. The summed E-state index contributed by atoms with van der Waals surface area (Å²) >= 11 is 0. The molecular weight excluding hydrogens is 248 g/mol. The molecule has 3 nitrogen and oxygen atoms in total. The van der Waals surface area contributed by atoms with Gasteiger partial charge >= 0.3 is 0 Å². The fourth-order valence-electron chi connectivity index (χ4n) is 2.77. The molecule has 0 bridgehead atoms. The van der Waals surface area contributed by atoms with Crippen molar-refractivity contribution in [3.63, 3.8) is 0 Å². The van der Waals surface area contributed by atoms with Gasteiger partial charge in [0.2, 0.25) is 5.91 Å². The zero-order valence-electron chi connectivity index (χ0n) is 11.4. The summed E-state index contributed by atoms with van der Waals surface area (Å²) in [4.78, 5) is 14.6. The molecule has 0 radical (unpaired) electrons. The van der Waals surface area contributed by atoms with Crippen LogP contribution in [0.15, 0.2) is 0 Å². The van der Waals surface area contributed by atoms with E-state index in [1.165, 1.54) is 44.9 Å². The van der Waals surface area contributed by atoms with Crippen molar-refractivity contribution in [2.24, 2.45) is 17.6 Å². The van der Waals surface area contributed by atoms with Crippen molar-refractivity contribution in [3.8, 4) is 0 Å². The van der Waals surface area contributed by atoms with Crippen molar-refractivity contribution in [3.05, 3.63) is 0 Å². The number of carbonyl (C=O) groups excluding carboxylic acids is 1. The normalized spacial score (nSPS) is 22.1. The molecule has 2 fully saturated rings. The zero-order valence-corrected chi connectivity index (χ0v) is 12.3. The van der Waals surface area contributed by atoms with Gasteiger partial charge in [-0.15, -0.1) is 12.4 Å². The summed E-state index contributed by atoms with van der Waals surface area (Å²) in [5, 5.41) is 0. The van der Waals surface area contributed by atoms with E-state index in [1.807, 2.05) is 6.92 Å². The minimum Gasteiger partial charge on any atom is -0.339 e. The van der Waals surface area contributed by atoms with Gasteiger partial charge < -0.3 is 10.6 Å². The van der Waals surface area contributed by atoms with Crippen LogP contribution in [0, 0.1) is 11.8 Å². The SMILES string of the molecule is CC(CN)C(=O)N(CC1CC1)C1CCCCC1.Cl. The van der Waals surface area contributed by atoms with Gasteiger partial charge in [-0.3, -0.25) is 4.79 Å². The van der Waals surface area contributed by atoms with Crippen LogP contribution in [0.5, 0.6) is 0 Å². The monoisotopic (exact) mass is 274 g/mol. The third kappa shape index (κ3) is 4.13. The predicted molar refractivity (Wildman–Crippen MR) is 76.8 cm³/mol. The highest BCUT2D eigenvalue weighted by molar-refractivity contribution is 5.85. The molecule has 2 saturated carbocycles. The number of nitrogens with two attached hydrogens (primary N) is 1. The van der Waals surface area contributed by atoms with Gasteiger partial charge in [-0.25, -0.2) is 0 Å². The van der Waals surface area contributed by atoms with Crippen LogP contribution < -0.4 is 5.73 Å². The number of amides is 1. The Morgan fingerprint density at radius 2 is 1.83 bits per heavy atom. The van der Waals surface area contributed by atoms with Crippen LogP contribution in [0.1, 0.15) is 51.9 Å². The predicted octanol–water partition coefficient (Wildman–Crippen LogP) is 2.57. The Morgan fingerprint density at radius 1 is 1.22 bits per heavy atom. The molecule has 0 spiro atoms. The lowest BCUT2D eigenvalue weighted by atomic mass is 9.93. The van der Waals surface area contributed by atoms with Crippen LogP contribution >= 0.6 is 12.4 Å². The molecule has 18 heavy (non-hydrogen) atoms. The molecule has 2 rings (SSSR count). The van der Waals surface area contributed by atoms with Gasteiger partial charge in [-0.05, 0) is 31.6 Å². The molecule has 0 aliphatic heterocycles. The Bertz CT molecular complexity index is 263. The quantitative estimate of drug-likeness (QED) is 0.838. The number of hydrogen-bond donors (Lipinski definition) is 1. The molecule has 1 atom stereocenters. The lowest BCUT2D eigenvalue weighted by Crippen LogP contribution is -2.46. The van der Waals surface area contributed by atoms with Crippen molar-refractivity contribution < 1.29 is 4.79 Å². The standard InChI is InChI=1S/C14H26N2O.ClH/c1-11(9-15)14(17)16(10-12-7-8-12)13-5-3-2-4-6-13;/h11-13H,2-10,15H2,1H3;1H. The van der Waals surface area contributed by atoms with E-state index in [-0.39, 0.29) is 18.3 Å². The summed E-state index contributed by atoms with van der Waals surface area (Å²) in [5.74, 6) is 1.08. The van der Waals surface area contributed by atoms with E-state index >= 15 is 0 Å². The van der Waals surface area contributed by atoms with Crippen molar-refractivity contribution in [1.29, 1.82) is 0 Å². The maximum Gasteiger partial charge on any atom is 0.226 e. The number of halogens is 1. The maximum atomic E-state index is 12.4. The lowest BCUT2D eigenvalue weighted by molar-refractivity contribution is -0.138. The first-order valence-electron chi connectivity index (χ1n) is 7.23. The smallest absolute Gasteiger partial charge is 0.226 e. The molecule has 4 heteroatoms. The molecule has 0 heterocycles. The minimum absolute atomic E-state index is 0. The van der Waals surface area contributed by atoms with E-state index in [0.29, 0.717) is 18.5 Å². The zero-order chi connectivity index (χ0) is 12.3. The Morgan fingerprint density at radius 3 is 2.33 bits per heavy atom. The number of rotatable bonds is 5. The molecule has 2 aliphatic rings. The summed E-state index contributed by atoms with van der Waals surface area (Å²) in [7, 11) is 0. The first kappa shape index (κ1) is 15.8. The molecule has 0 aromatic carbocycles. The first-order valence-corrected chi connectivity index (χ1v) is 7.23. The van der Waals surface area contributed by atoms with E-state index in [2.05, 4.69) is 4.90 Å². The lowest BCUT2D eigenvalue weighted by Gasteiger charge is -2.36. The van der Waals surface area contributed by atoms with Gasteiger partial charge in [0.15, 0.2) is 0 Å². The third-order valence-corrected chi connectivity index (χ3v) is 4.23. The van der Waals surface area contributed by atoms with Crippen LogP contribution in [-0.2, 0) is 4.79 Å². The fraction of sp³-hybridized carbons (Fsp3) is 0.929. The molecule has 106 valence electrons. The number of carbonyl (C=O) groups is 1. The molecule has 2 N–H and O–H groups in total. The fourth-order valence-corrected chi connectivity index (χ4v) is 2.77. The second-order valence-corrected chi connectivity index (χ2v) is 5.86. The van der Waals surface area contributed by atoms with E-state index < -0.39 is 0 Å². The van der Waals surface area contributed by atoms with Crippen molar-refractivity contribution in [2.75, 3.05) is 13.1 Å². The number of nitrogens with zero attached hydrogens (tertiary/aromatic N) is 1. The summed E-state index contributed by atoms with van der Waals surface area (Å²) in [6.07, 6.45) is 8.95. The van der Waals surface area contributed by atoms with Crippen LogP contribution in [0.4, 0.5) is 0 Å². The van der Waals surface area contributed by atoms with E-state index in [9.17, 15) is 4.79 Å². The molecule has 0 aromatic heterocycles. The minimum atomic E-state index is -0.00400. The first-order chi connectivity index (χ1) is 8.22. The van der Waals surface area contributed by atoms with Gasteiger partial charge in [-0.2, -0.15) is 0 Å². The molecule has 1 unspecified atom stereocenters. The van der Waals surface area contributed by atoms with Crippen LogP contribution in [0.3, 0.4) is 0 Å². The van der Waals surface area contributed by atoms with Crippen LogP contribution in [-0.4, -0.2) is 29.9 Å². The van der Waals surface area contributed by atoms with Gasteiger partial charge in [0, 0.05) is 25.0 Å². The molecule has 1 amide bonds. The summed E-state index contributed by atoms with van der Waals surface area (Å²) in [5.41, 5.74) is 5.64. The maximum absolute atomic E-state index is 12.4. The van der Waals surface area contributed by atoms with Crippen molar-refractivity contribution in [1.82, 2.24) is 4.90 Å². The Balaban J connectivity index is 0.00000162. The Kier molecular flexibility index (Phi) is 6.44. The van der Waals surface area contributed by atoms with Gasteiger partial charge in [0.25, 0.3) is 0 Å². The molecular formula is C14H27ClN2O. The molecule has 2 aliphatic carbocycles. The Hall–Kier alpha value is -0.280. The highest BCUT2D eigenvalue weighted by atomic mass is 35.5. The van der Waals surface area contributed by atoms with E-state index in [0.717, 1.165) is 12.5 Å². The molecule has 0 saturated heterocycles. The van der Waals surface area contributed by atoms with Gasteiger partial charge in [0.05, 0.1) is 0 Å². The Labute approximate surface area is 117 Å². The highest BCUT2D eigenvalue weighted by Crippen LogP contribution is 2.33. The van der Waals surface area contributed by atoms with Gasteiger partial charge in [0.1, 0.15) is 0 Å². The largest absolute Gasteiger partial charge is 0.339 e. The second kappa shape index (κ2) is 7.34. The highest BCUT2D eigenvalue weighted by Gasteiger charge is 2.33. The third-order valence-electron chi connectivity index (χ3n) is 4.23. The average Bonchev–Trinajstić information content (AvgIpc) is 3.19. The second-order valence-electron chi connectivity index (χ2n) is 5.86.